The second-order valence-electron chi connectivity index (χ2n) is 9.12. The largest absolute Gasteiger partial charge is 0.351 e. The number of hydrogen-bond acceptors (Lipinski definition) is 2. The predicted molar refractivity (Wildman–Crippen MR) is 138 cm³/mol. The molecule has 33 heavy (non-hydrogen) atoms. The standard InChI is InChI=1S/C30H28N2O/c1-19-12-20(2)15-24(14-19)31-28-18-29(27-11-7-9-23-8-5-6-10-26(23)27)32(30(28)33)25-16-21(3)13-22(4)17-25/h5-18,29,31H,1-4H3. The second-order valence-corrected chi connectivity index (χ2v) is 9.12. The van der Waals surface area contributed by atoms with Gasteiger partial charge in [-0.2, -0.15) is 0 Å². The Kier molecular flexibility index (Phi) is 5.26. The first-order chi connectivity index (χ1) is 15.9. The topological polar surface area (TPSA) is 32.3 Å². The van der Waals surface area contributed by atoms with Crippen molar-refractivity contribution in [2.75, 3.05) is 10.2 Å². The van der Waals surface area contributed by atoms with Crippen molar-refractivity contribution < 1.29 is 4.79 Å². The van der Waals surface area contributed by atoms with E-state index in [0.717, 1.165) is 33.5 Å². The molecule has 1 atom stereocenters. The van der Waals surface area contributed by atoms with Crippen molar-refractivity contribution >= 4 is 28.1 Å². The van der Waals surface area contributed by atoms with Crippen molar-refractivity contribution in [3.8, 4) is 0 Å². The molecule has 3 nitrogen and oxygen atoms in total. The first-order valence-electron chi connectivity index (χ1n) is 11.4. The molecule has 0 fully saturated rings. The highest BCUT2D eigenvalue weighted by molar-refractivity contribution is 6.11. The summed E-state index contributed by atoms with van der Waals surface area (Å²) >= 11 is 0. The Morgan fingerprint density at radius 2 is 1.33 bits per heavy atom. The third-order valence-corrected chi connectivity index (χ3v) is 6.18. The van der Waals surface area contributed by atoms with Crippen molar-refractivity contribution in [2.45, 2.75) is 33.7 Å². The Labute approximate surface area is 195 Å². The van der Waals surface area contributed by atoms with Crippen LogP contribution in [0.25, 0.3) is 10.8 Å². The molecule has 0 radical (unpaired) electrons. The van der Waals surface area contributed by atoms with Crippen LogP contribution >= 0.6 is 0 Å². The fourth-order valence-corrected chi connectivity index (χ4v) is 4.96. The number of nitrogens with zero attached hydrogens (tertiary/aromatic N) is 1. The Hall–Kier alpha value is -3.85. The van der Waals surface area contributed by atoms with E-state index in [1.54, 1.807) is 0 Å². The van der Waals surface area contributed by atoms with Crippen LogP contribution in [0, 0.1) is 27.7 Å². The number of hydrogen-bond donors (Lipinski definition) is 1. The molecule has 1 N–H and O–H groups in total. The van der Waals surface area contributed by atoms with Gasteiger partial charge in [0.05, 0.1) is 6.04 Å². The van der Waals surface area contributed by atoms with Crippen molar-refractivity contribution in [2.24, 2.45) is 0 Å². The van der Waals surface area contributed by atoms with Gasteiger partial charge in [-0.15, -0.1) is 0 Å². The van der Waals surface area contributed by atoms with Gasteiger partial charge in [-0.05, 0) is 96.6 Å². The lowest BCUT2D eigenvalue weighted by molar-refractivity contribution is -0.114. The smallest absolute Gasteiger partial charge is 0.275 e. The van der Waals surface area contributed by atoms with E-state index < -0.39 is 0 Å². The Morgan fingerprint density at radius 3 is 2.03 bits per heavy atom. The normalized spacial score (nSPS) is 15.8. The number of benzene rings is 4. The van der Waals surface area contributed by atoms with Gasteiger partial charge in [0.1, 0.15) is 5.70 Å². The van der Waals surface area contributed by atoms with E-state index in [1.807, 2.05) is 4.90 Å². The van der Waals surface area contributed by atoms with Gasteiger partial charge in [0, 0.05) is 11.4 Å². The maximum absolute atomic E-state index is 13.8. The van der Waals surface area contributed by atoms with Crippen LogP contribution < -0.4 is 10.2 Å². The van der Waals surface area contributed by atoms with Crippen molar-refractivity contribution in [3.63, 3.8) is 0 Å². The molecule has 0 saturated carbocycles. The molecular formula is C30H28N2O. The molecule has 0 saturated heterocycles. The monoisotopic (exact) mass is 432 g/mol. The summed E-state index contributed by atoms with van der Waals surface area (Å²) in [5.74, 6) is -0.0166. The maximum Gasteiger partial charge on any atom is 0.275 e. The van der Waals surface area contributed by atoms with Crippen molar-refractivity contribution in [1.29, 1.82) is 0 Å². The first-order valence-corrected chi connectivity index (χ1v) is 11.4. The Morgan fingerprint density at radius 1 is 0.727 bits per heavy atom. The van der Waals surface area contributed by atoms with Crippen LogP contribution in [0.4, 0.5) is 11.4 Å². The van der Waals surface area contributed by atoms with Gasteiger partial charge in [0.15, 0.2) is 0 Å². The molecule has 3 heteroatoms. The third kappa shape index (κ3) is 4.03. The van der Waals surface area contributed by atoms with E-state index in [0.29, 0.717) is 5.70 Å². The van der Waals surface area contributed by atoms with Crippen LogP contribution in [-0.4, -0.2) is 5.91 Å². The zero-order valence-corrected chi connectivity index (χ0v) is 19.5. The molecule has 1 aliphatic heterocycles. The summed E-state index contributed by atoms with van der Waals surface area (Å²) in [4.78, 5) is 15.7. The molecule has 0 aliphatic carbocycles. The molecule has 5 rings (SSSR count). The number of carbonyl (C=O) groups is 1. The van der Waals surface area contributed by atoms with Gasteiger partial charge < -0.3 is 5.32 Å². The Bertz CT molecular complexity index is 1370. The summed E-state index contributed by atoms with van der Waals surface area (Å²) < 4.78 is 0. The zero-order chi connectivity index (χ0) is 23.1. The number of nitrogens with one attached hydrogen (secondary N) is 1. The molecule has 4 aromatic rings. The van der Waals surface area contributed by atoms with Gasteiger partial charge in [0.25, 0.3) is 5.91 Å². The number of aryl methyl sites for hydroxylation is 4. The fourth-order valence-electron chi connectivity index (χ4n) is 4.96. The highest BCUT2D eigenvalue weighted by Gasteiger charge is 2.35. The first kappa shape index (κ1) is 21.0. The van der Waals surface area contributed by atoms with Gasteiger partial charge >= 0.3 is 0 Å². The molecule has 0 bridgehead atoms. The maximum atomic E-state index is 13.8. The van der Waals surface area contributed by atoms with E-state index in [9.17, 15) is 4.79 Å². The second kappa shape index (κ2) is 8.25. The number of carbonyl (C=O) groups excluding carboxylic acids is 1. The summed E-state index contributed by atoms with van der Waals surface area (Å²) in [6.45, 7) is 8.30. The molecule has 1 unspecified atom stereocenters. The van der Waals surface area contributed by atoms with Gasteiger partial charge in [-0.3, -0.25) is 9.69 Å². The third-order valence-electron chi connectivity index (χ3n) is 6.18. The van der Waals surface area contributed by atoms with E-state index >= 15 is 0 Å². The van der Waals surface area contributed by atoms with Crippen molar-refractivity contribution in [3.05, 3.63) is 118 Å². The van der Waals surface area contributed by atoms with E-state index in [4.69, 9.17) is 0 Å². The van der Waals surface area contributed by atoms with Gasteiger partial charge in [-0.25, -0.2) is 0 Å². The SMILES string of the molecule is Cc1cc(C)cc(NC2=CC(c3cccc4ccccc34)N(c3cc(C)cc(C)c3)C2=O)c1. The molecule has 1 aliphatic rings. The van der Waals surface area contributed by atoms with Crippen LogP contribution in [0.15, 0.2) is 90.6 Å². The van der Waals surface area contributed by atoms with Gasteiger partial charge in [-0.1, -0.05) is 54.6 Å². The van der Waals surface area contributed by atoms with Crippen LogP contribution in [0.5, 0.6) is 0 Å². The van der Waals surface area contributed by atoms with E-state index in [-0.39, 0.29) is 11.9 Å². The van der Waals surface area contributed by atoms with E-state index in [2.05, 4.69) is 118 Å². The number of rotatable bonds is 4. The van der Waals surface area contributed by atoms with Crippen LogP contribution in [0.1, 0.15) is 33.9 Å². The van der Waals surface area contributed by atoms with Gasteiger partial charge in [0.2, 0.25) is 0 Å². The summed E-state index contributed by atoms with van der Waals surface area (Å²) in [5, 5.41) is 5.76. The minimum Gasteiger partial charge on any atom is -0.351 e. The lowest BCUT2D eigenvalue weighted by Gasteiger charge is -2.27. The van der Waals surface area contributed by atoms with Crippen LogP contribution in [-0.2, 0) is 4.79 Å². The highest BCUT2D eigenvalue weighted by atomic mass is 16.2. The Balaban J connectivity index is 1.65. The molecule has 164 valence electrons. The summed E-state index contributed by atoms with van der Waals surface area (Å²) in [6, 6.07) is 27.1. The molecule has 4 aromatic carbocycles. The summed E-state index contributed by atoms with van der Waals surface area (Å²) in [7, 11) is 0. The highest BCUT2D eigenvalue weighted by Crippen LogP contribution is 2.39. The summed E-state index contributed by atoms with van der Waals surface area (Å²) in [6.07, 6.45) is 2.07. The minimum atomic E-state index is -0.196. The molecule has 1 amide bonds. The molecule has 1 heterocycles. The lowest BCUT2D eigenvalue weighted by atomic mass is 9.98. The summed E-state index contributed by atoms with van der Waals surface area (Å²) in [5.41, 5.74) is 8.21. The fraction of sp³-hybridized carbons (Fsp3) is 0.167. The number of fused-ring (bicyclic) bond motifs is 1. The number of anilines is 2. The van der Waals surface area contributed by atoms with E-state index in [1.165, 1.54) is 16.5 Å². The van der Waals surface area contributed by atoms with Crippen molar-refractivity contribution in [1.82, 2.24) is 0 Å². The average molecular weight is 433 g/mol. The molecular weight excluding hydrogens is 404 g/mol. The quantitative estimate of drug-likeness (QED) is 0.371. The number of amides is 1. The predicted octanol–water partition coefficient (Wildman–Crippen LogP) is 7.16. The molecule has 0 spiro atoms. The lowest BCUT2D eigenvalue weighted by Crippen LogP contribution is -2.31. The van der Waals surface area contributed by atoms with Crippen LogP contribution in [0.3, 0.4) is 0 Å². The van der Waals surface area contributed by atoms with Crippen LogP contribution in [0.2, 0.25) is 0 Å². The zero-order valence-electron chi connectivity index (χ0n) is 19.5. The average Bonchev–Trinajstić information content (AvgIpc) is 3.07. The molecule has 0 aromatic heterocycles. The minimum absolute atomic E-state index is 0.0166.